The summed E-state index contributed by atoms with van der Waals surface area (Å²) in [5.41, 5.74) is 1.69. The van der Waals surface area contributed by atoms with Crippen LogP contribution >= 0.6 is 23.2 Å². The first-order chi connectivity index (χ1) is 8.06. The molecule has 0 amide bonds. The highest BCUT2D eigenvalue weighted by atomic mass is 35.5. The lowest BCUT2D eigenvalue weighted by Gasteiger charge is -2.04. The van der Waals surface area contributed by atoms with Gasteiger partial charge in [-0.2, -0.15) is 0 Å². The third-order valence-corrected chi connectivity index (χ3v) is 2.96. The van der Waals surface area contributed by atoms with Gasteiger partial charge in [-0.1, -0.05) is 35.3 Å². The predicted molar refractivity (Wildman–Crippen MR) is 65.6 cm³/mol. The molecule has 0 heterocycles. The quantitative estimate of drug-likeness (QED) is 0.732. The summed E-state index contributed by atoms with van der Waals surface area (Å²) < 4.78 is 25.9. The zero-order chi connectivity index (χ0) is 12.4. The smallest absolute Gasteiger partial charge is 0.141 e. The monoisotopic (exact) mass is 272 g/mol. The van der Waals surface area contributed by atoms with Crippen LogP contribution in [-0.4, -0.2) is 0 Å². The summed E-state index contributed by atoms with van der Waals surface area (Å²) in [6.45, 7) is 0. The number of hydrogen-bond acceptors (Lipinski definition) is 0. The van der Waals surface area contributed by atoms with Crippen LogP contribution in [0.15, 0.2) is 36.4 Å². The predicted octanol–water partition coefficient (Wildman–Crippen LogP) is 4.86. The van der Waals surface area contributed by atoms with Crippen molar-refractivity contribution >= 4 is 23.2 Å². The van der Waals surface area contributed by atoms with Crippen LogP contribution in [0.4, 0.5) is 8.78 Å². The Hall–Kier alpha value is -1.12. The lowest BCUT2D eigenvalue weighted by atomic mass is 10.1. The summed E-state index contributed by atoms with van der Waals surface area (Å²) in [4.78, 5) is 0. The largest absolute Gasteiger partial charge is 0.205 e. The van der Waals surface area contributed by atoms with E-state index in [2.05, 4.69) is 0 Å². The molecular formula is C13H8Cl2F2. The molecule has 0 aliphatic heterocycles. The van der Waals surface area contributed by atoms with Gasteiger partial charge in [0, 0.05) is 0 Å². The van der Waals surface area contributed by atoms with Gasteiger partial charge in [0.15, 0.2) is 0 Å². The van der Waals surface area contributed by atoms with E-state index >= 15 is 0 Å². The molecule has 0 atom stereocenters. The van der Waals surface area contributed by atoms with Crippen molar-refractivity contribution in [2.75, 3.05) is 0 Å². The fourth-order valence-corrected chi connectivity index (χ4v) is 1.94. The molecule has 0 aliphatic carbocycles. The van der Waals surface area contributed by atoms with Gasteiger partial charge in [-0.15, -0.1) is 0 Å². The molecule has 0 spiro atoms. The van der Waals surface area contributed by atoms with Crippen LogP contribution in [0.3, 0.4) is 0 Å². The van der Waals surface area contributed by atoms with Crippen molar-refractivity contribution in [3.8, 4) is 0 Å². The topological polar surface area (TPSA) is 0 Å². The number of rotatable bonds is 2. The van der Waals surface area contributed by atoms with Gasteiger partial charge in [0.1, 0.15) is 11.6 Å². The van der Waals surface area contributed by atoms with Gasteiger partial charge in [0.25, 0.3) is 0 Å². The molecule has 0 N–H and O–H groups in total. The van der Waals surface area contributed by atoms with E-state index < -0.39 is 11.6 Å². The van der Waals surface area contributed by atoms with Crippen molar-refractivity contribution in [3.63, 3.8) is 0 Å². The third kappa shape index (κ3) is 2.96. The Morgan fingerprint density at radius 3 is 1.53 bits per heavy atom. The Morgan fingerprint density at radius 2 is 1.18 bits per heavy atom. The Morgan fingerprint density at radius 1 is 0.765 bits per heavy atom. The fraction of sp³-hybridized carbons (Fsp3) is 0.0769. The first-order valence-electron chi connectivity index (χ1n) is 4.94. The van der Waals surface area contributed by atoms with Gasteiger partial charge in [-0.05, 0) is 41.8 Å². The van der Waals surface area contributed by atoms with E-state index in [9.17, 15) is 8.78 Å². The van der Waals surface area contributed by atoms with Crippen molar-refractivity contribution in [2.45, 2.75) is 6.42 Å². The maximum atomic E-state index is 13.0. The maximum absolute atomic E-state index is 13.0. The molecule has 2 aromatic carbocycles. The van der Waals surface area contributed by atoms with Gasteiger partial charge in [0.2, 0.25) is 0 Å². The summed E-state index contributed by atoms with van der Waals surface area (Å²) in [5, 5.41) is 0.159. The summed E-state index contributed by atoms with van der Waals surface area (Å²) in [6, 6.07) is 8.99. The normalized spacial score (nSPS) is 10.6. The van der Waals surface area contributed by atoms with Crippen molar-refractivity contribution in [1.29, 1.82) is 0 Å². The molecule has 0 bridgehead atoms. The highest BCUT2D eigenvalue weighted by Crippen LogP contribution is 2.21. The fourth-order valence-electron chi connectivity index (χ4n) is 1.53. The third-order valence-electron chi connectivity index (χ3n) is 2.38. The van der Waals surface area contributed by atoms with E-state index in [4.69, 9.17) is 23.2 Å². The summed E-state index contributed by atoms with van der Waals surface area (Å²) in [5.74, 6) is -0.903. The summed E-state index contributed by atoms with van der Waals surface area (Å²) in [6.07, 6.45) is 0.528. The Labute approximate surface area is 108 Å². The lowest BCUT2D eigenvalue weighted by molar-refractivity contribution is 0.627. The maximum Gasteiger partial charge on any atom is 0.141 e. The number of hydrogen-bond donors (Lipinski definition) is 0. The van der Waals surface area contributed by atoms with Crippen LogP contribution in [-0.2, 0) is 6.42 Å². The minimum atomic E-state index is -0.451. The number of benzene rings is 2. The van der Waals surface area contributed by atoms with Gasteiger partial charge in [-0.3, -0.25) is 0 Å². The van der Waals surface area contributed by atoms with Crippen LogP contribution in [0.5, 0.6) is 0 Å². The standard InChI is InChI=1S/C13H8Cl2F2/c14-10-6-8(1-3-12(10)16)5-9-2-4-13(17)11(15)7-9/h1-4,6-7H,5H2. The van der Waals surface area contributed by atoms with E-state index in [1.165, 1.54) is 12.1 Å². The molecule has 2 rings (SSSR count). The molecule has 0 unspecified atom stereocenters. The molecule has 0 aliphatic rings. The van der Waals surface area contributed by atoms with Crippen molar-refractivity contribution < 1.29 is 8.78 Å². The van der Waals surface area contributed by atoms with E-state index in [1.807, 2.05) is 0 Å². The van der Waals surface area contributed by atoms with Gasteiger partial charge in [0.05, 0.1) is 10.0 Å². The van der Waals surface area contributed by atoms with Gasteiger partial charge >= 0.3 is 0 Å². The second-order valence-corrected chi connectivity index (χ2v) is 4.49. The molecule has 88 valence electrons. The molecule has 4 heteroatoms. The average molecular weight is 273 g/mol. The summed E-state index contributed by atoms with van der Waals surface area (Å²) >= 11 is 11.4. The van der Waals surface area contributed by atoms with Gasteiger partial charge in [-0.25, -0.2) is 8.78 Å². The SMILES string of the molecule is Fc1ccc(Cc2ccc(F)c(Cl)c2)cc1Cl. The lowest BCUT2D eigenvalue weighted by Crippen LogP contribution is -1.90. The first kappa shape index (κ1) is 12.3. The Balaban J connectivity index is 2.25. The molecule has 0 radical (unpaired) electrons. The average Bonchev–Trinajstić information content (AvgIpc) is 2.29. The van der Waals surface area contributed by atoms with E-state index in [0.29, 0.717) is 6.42 Å². The van der Waals surface area contributed by atoms with Crippen molar-refractivity contribution in [3.05, 3.63) is 69.2 Å². The zero-order valence-electron chi connectivity index (χ0n) is 8.68. The zero-order valence-corrected chi connectivity index (χ0v) is 10.2. The van der Waals surface area contributed by atoms with Crippen LogP contribution in [0.2, 0.25) is 10.0 Å². The Kier molecular flexibility index (Phi) is 3.65. The molecule has 0 saturated carbocycles. The Bertz CT molecular complexity index is 504. The molecule has 0 saturated heterocycles. The minimum Gasteiger partial charge on any atom is -0.205 e. The number of halogens is 4. The second-order valence-electron chi connectivity index (χ2n) is 3.67. The van der Waals surface area contributed by atoms with Crippen molar-refractivity contribution in [2.24, 2.45) is 0 Å². The van der Waals surface area contributed by atoms with E-state index in [-0.39, 0.29) is 10.0 Å². The van der Waals surface area contributed by atoms with Crippen LogP contribution in [0, 0.1) is 11.6 Å². The van der Waals surface area contributed by atoms with Crippen molar-refractivity contribution in [1.82, 2.24) is 0 Å². The molecule has 0 aromatic heterocycles. The van der Waals surface area contributed by atoms with Crippen LogP contribution < -0.4 is 0 Å². The molecule has 2 aromatic rings. The molecule has 0 fully saturated rings. The highest BCUT2D eigenvalue weighted by molar-refractivity contribution is 6.31. The van der Waals surface area contributed by atoms with E-state index in [1.54, 1.807) is 24.3 Å². The first-order valence-corrected chi connectivity index (χ1v) is 5.70. The van der Waals surface area contributed by atoms with Crippen LogP contribution in [0.1, 0.15) is 11.1 Å². The highest BCUT2D eigenvalue weighted by Gasteiger charge is 2.04. The summed E-state index contributed by atoms with van der Waals surface area (Å²) in [7, 11) is 0. The second kappa shape index (κ2) is 5.03. The molecular weight excluding hydrogens is 265 g/mol. The molecule has 17 heavy (non-hydrogen) atoms. The van der Waals surface area contributed by atoms with Gasteiger partial charge < -0.3 is 0 Å². The molecule has 0 nitrogen and oxygen atoms in total. The minimum absolute atomic E-state index is 0.0794. The van der Waals surface area contributed by atoms with E-state index in [0.717, 1.165) is 11.1 Å². The van der Waals surface area contributed by atoms with Crippen LogP contribution in [0.25, 0.3) is 0 Å².